The zero-order valence-electron chi connectivity index (χ0n) is 12.8. The van der Waals surface area contributed by atoms with E-state index >= 15 is 0 Å². The molecule has 2 N–H and O–H groups in total. The average molecular weight is 415 g/mol. The Labute approximate surface area is 148 Å². The van der Waals surface area contributed by atoms with Gasteiger partial charge in [-0.3, -0.25) is 0 Å². The van der Waals surface area contributed by atoms with Gasteiger partial charge in [0.05, 0.1) is 26.5 Å². The van der Waals surface area contributed by atoms with Crippen molar-refractivity contribution in [1.82, 2.24) is 10.6 Å². The number of halogens is 1. The van der Waals surface area contributed by atoms with Crippen molar-refractivity contribution in [1.29, 1.82) is 0 Å². The maximum Gasteiger partial charge on any atom is 0.191 e. The van der Waals surface area contributed by atoms with E-state index in [4.69, 9.17) is 9.15 Å². The van der Waals surface area contributed by atoms with Crippen molar-refractivity contribution in [3.63, 3.8) is 0 Å². The number of methoxy groups -OCH3 is 1. The molecule has 22 heavy (non-hydrogen) atoms. The quantitative estimate of drug-likeness (QED) is 0.433. The smallest absolute Gasteiger partial charge is 0.191 e. The molecule has 0 bridgehead atoms. The normalized spacial score (nSPS) is 10.7. The van der Waals surface area contributed by atoms with Gasteiger partial charge in [-0.25, -0.2) is 4.99 Å². The van der Waals surface area contributed by atoms with Crippen LogP contribution in [-0.2, 0) is 13.1 Å². The number of ether oxygens (including phenoxy) is 1. The topological polar surface area (TPSA) is 58.8 Å². The highest BCUT2D eigenvalue weighted by molar-refractivity contribution is 14.0. The summed E-state index contributed by atoms with van der Waals surface area (Å²) >= 11 is 0. The maximum atomic E-state index is 5.29. The molecule has 0 spiro atoms. The standard InChI is InChI=1S/C16H21N3O2.HI/c1-3-17-16(19-12-15-8-5-9-21-15)18-11-13-6-4-7-14(10-13)20-2;/h4-10H,3,11-12H2,1-2H3,(H2,17,18,19);1H. The van der Waals surface area contributed by atoms with Gasteiger partial charge in [-0.15, -0.1) is 24.0 Å². The third-order valence-electron chi connectivity index (χ3n) is 2.91. The fraction of sp³-hybridized carbons (Fsp3) is 0.312. The van der Waals surface area contributed by atoms with Crippen molar-refractivity contribution in [3.05, 3.63) is 54.0 Å². The number of aliphatic imine (C=N–C) groups is 1. The first-order chi connectivity index (χ1) is 10.3. The average Bonchev–Trinajstić information content (AvgIpc) is 3.03. The molecule has 6 heteroatoms. The lowest BCUT2D eigenvalue weighted by molar-refractivity contribution is 0.414. The molecule has 2 rings (SSSR count). The van der Waals surface area contributed by atoms with Crippen LogP contribution in [0.5, 0.6) is 5.75 Å². The summed E-state index contributed by atoms with van der Waals surface area (Å²) in [5.41, 5.74) is 1.10. The zero-order chi connectivity index (χ0) is 14.9. The van der Waals surface area contributed by atoms with E-state index in [-0.39, 0.29) is 24.0 Å². The SMILES string of the molecule is CCNC(=NCc1cccc(OC)c1)NCc1ccco1.I. The number of nitrogens with zero attached hydrogens (tertiary/aromatic N) is 1. The molecule has 0 amide bonds. The van der Waals surface area contributed by atoms with Gasteiger partial charge in [-0.2, -0.15) is 0 Å². The molecule has 0 radical (unpaired) electrons. The van der Waals surface area contributed by atoms with Crippen LogP contribution >= 0.6 is 24.0 Å². The molecule has 0 aliphatic rings. The molecule has 5 nitrogen and oxygen atoms in total. The van der Waals surface area contributed by atoms with E-state index in [0.29, 0.717) is 13.1 Å². The van der Waals surface area contributed by atoms with Crippen LogP contribution in [0.4, 0.5) is 0 Å². The lowest BCUT2D eigenvalue weighted by Crippen LogP contribution is -2.36. The molecule has 2 aromatic rings. The summed E-state index contributed by atoms with van der Waals surface area (Å²) in [4.78, 5) is 4.56. The Morgan fingerprint density at radius 1 is 1.23 bits per heavy atom. The molecule has 1 aromatic heterocycles. The second-order valence-corrected chi connectivity index (χ2v) is 4.48. The fourth-order valence-electron chi connectivity index (χ4n) is 1.87. The summed E-state index contributed by atoms with van der Waals surface area (Å²) in [6.07, 6.45) is 1.66. The molecule has 120 valence electrons. The predicted molar refractivity (Wildman–Crippen MR) is 98.8 cm³/mol. The van der Waals surface area contributed by atoms with Crippen molar-refractivity contribution in [2.75, 3.05) is 13.7 Å². The number of furan rings is 1. The molecule has 1 heterocycles. The summed E-state index contributed by atoms with van der Waals surface area (Å²) in [6, 6.07) is 11.7. The Morgan fingerprint density at radius 3 is 2.77 bits per heavy atom. The van der Waals surface area contributed by atoms with Crippen molar-refractivity contribution >= 4 is 29.9 Å². The molecule has 0 unspecified atom stereocenters. The first kappa shape index (κ1) is 18.3. The van der Waals surface area contributed by atoms with E-state index in [1.807, 2.05) is 43.3 Å². The van der Waals surface area contributed by atoms with Crippen LogP contribution in [0.2, 0.25) is 0 Å². The number of guanidine groups is 1. The Kier molecular flexibility index (Phi) is 8.42. The highest BCUT2D eigenvalue weighted by Crippen LogP contribution is 2.13. The largest absolute Gasteiger partial charge is 0.497 e. The van der Waals surface area contributed by atoms with Crippen LogP contribution in [0.15, 0.2) is 52.1 Å². The monoisotopic (exact) mass is 415 g/mol. The lowest BCUT2D eigenvalue weighted by Gasteiger charge is -2.10. The molecular weight excluding hydrogens is 393 g/mol. The van der Waals surface area contributed by atoms with Gasteiger partial charge in [0.2, 0.25) is 0 Å². The minimum atomic E-state index is 0. The molecular formula is C16H22IN3O2. The number of nitrogens with one attached hydrogen (secondary N) is 2. The molecule has 1 aromatic carbocycles. The summed E-state index contributed by atoms with van der Waals surface area (Å²) < 4.78 is 10.5. The summed E-state index contributed by atoms with van der Waals surface area (Å²) in [5.74, 6) is 2.48. The van der Waals surface area contributed by atoms with Gasteiger partial charge in [0.25, 0.3) is 0 Å². The highest BCUT2D eigenvalue weighted by atomic mass is 127. The molecule has 0 saturated carbocycles. The van der Waals surface area contributed by atoms with Gasteiger partial charge in [0.1, 0.15) is 11.5 Å². The van der Waals surface area contributed by atoms with Crippen molar-refractivity contribution < 1.29 is 9.15 Å². The number of hydrogen-bond donors (Lipinski definition) is 2. The van der Waals surface area contributed by atoms with Gasteiger partial charge in [0.15, 0.2) is 5.96 Å². The third-order valence-corrected chi connectivity index (χ3v) is 2.91. The van der Waals surface area contributed by atoms with Crippen molar-refractivity contribution in [3.8, 4) is 5.75 Å². The lowest BCUT2D eigenvalue weighted by atomic mass is 10.2. The van der Waals surface area contributed by atoms with E-state index in [2.05, 4.69) is 15.6 Å². The van der Waals surface area contributed by atoms with Crippen LogP contribution in [-0.4, -0.2) is 19.6 Å². The Balaban J connectivity index is 0.00000242. The molecule has 0 saturated heterocycles. The van der Waals surface area contributed by atoms with E-state index in [1.54, 1.807) is 13.4 Å². The van der Waals surface area contributed by atoms with Crippen LogP contribution in [0, 0.1) is 0 Å². The minimum Gasteiger partial charge on any atom is -0.497 e. The van der Waals surface area contributed by atoms with Crippen LogP contribution in [0.3, 0.4) is 0 Å². The first-order valence-corrected chi connectivity index (χ1v) is 6.99. The van der Waals surface area contributed by atoms with E-state index in [0.717, 1.165) is 29.6 Å². The van der Waals surface area contributed by atoms with E-state index in [1.165, 1.54) is 0 Å². The maximum absolute atomic E-state index is 5.29. The van der Waals surface area contributed by atoms with Crippen LogP contribution in [0.1, 0.15) is 18.2 Å². The molecule has 0 aliphatic heterocycles. The van der Waals surface area contributed by atoms with Crippen LogP contribution in [0.25, 0.3) is 0 Å². The number of rotatable bonds is 6. The molecule has 0 aliphatic carbocycles. The van der Waals surface area contributed by atoms with Crippen molar-refractivity contribution in [2.24, 2.45) is 4.99 Å². The van der Waals surface area contributed by atoms with Gasteiger partial charge in [-0.1, -0.05) is 12.1 Å². The van der Waals surface area contributed by atoms with E-state index in [9.17, 15) is 0 Å². The molecule has 0 atom stereocenters. The van der Waals surface area contributed by atoms with Gasteiger partial charge < -0.3 is 19.8 Å². The van der Waals surface area contributed by atoms with E-state index < -0.39 is 0 Å². The molecule has 0 fully saturated rings. The Morgan fingerprint density at radius 2 is 2.09 bits per heavy atom. The second-order valence-electron chi connectivity index (χ2n) is 4.48. The minimum absolute atomic E-state index is 0. The van der Waals surface area contributed by atoms with Gasteiger partial charge in [-0.05, 0) is 36.8 Å². The van der Waals surface area contributed by atoms with Gasteiger partial charge in [0, 0.05) is 6.54 Å². The number of hydrogen-bond acceptors (Lipinski definition) is 3. The van der Waals surface area contributed by atoms with Crippen LogP contribution < -0.4 is 15.4 Å². The Hall–Kier alpha value is -1.70. The summed E-state index contributed by atoms with van der Waals surface area (Å²) in [6.45, 7) is 4.04. The summed E-state index contributed by atoms with van der Waals surface area (Å²) in [7, 11) is 1.66. The second kappa shape index (κ2) is 10.1. The zero-order valence-corrected chi connectivity index (χ0v) is 15.2. The Bertz CT molecular complexity index is 571. The number of benzene rings is 1. The fourth-order valence-corrected chi connectivity index (χ4v) is 1.87. The summed E-state index contributed by atoms with van der Waals surface area (Å²) in [5, 5.41) is 6.45. The predicted octanol–water partition coefficient (Wildman–Crippen LogP) is 3.16. The van der Waals surface area contributed by atoms with Crippen molar-refractivity contribution in [2.45, 2.75) is 20.0 Å². The highest BCUT2D eigenvalue weighted by Gasteiger charge is 2.00. The van der Waals surface area contributed by atoms with Gasteiger partial charge >= 0.3 is 0 Å². The third kappa shape index (κ3) is 5.97. The first-order valence-electron chi connectivity index (χ1n) is 6.99.